The van der Waals surface area contributed by atoms with E-state index in [0.29, 0.717) is 19.3 Å². The lowest BCUT2D eigenvalue weighted by molar-refractivity contribution is -0.167. The van der Waals surface area contributed by atoms with Crippen molar-refractivity contribution in [1.29, 1.82) is 0 Å². The monoisotopic (exact) mass is 969 g/mol. The SMILES string of the molecule is CC\C=C/C=C\C=C/CCCCCCCCCC(=O)OCC(COC(=O)CCCCCCCCCCCCCCCCCCCCC)OC(=O)CCCCCCCCCCCCCCCCCCC. The Labute approximate surface area is 429 Å². The third-order valence-electron chi connectivity index (χ3n) is 13.7. The lowest BCUT2D eigenvalue weighted by Gasteiger charge is -2.18. The third-order valence-corrected chi connectivity index (χ3v) is 13.7. The van der Waals surface area contributed by atoms with E-state index in [1.807, 2.05) is 0 Å². The maximum absolute atomic E-state index is 12.9. The highest BCUT2D eigenvalue weighted by Crippen LogP contribution is 2.18. The van der Waals surface area contributed by atoms with Gasteiger partial charge in [-0.25, -0.2) is 0 Å². The van der Waals surface area contributed by atoms with Crippen LogP contribution in [0, 0.1) is 0 Å². The Balaban J connectivity index is 4.32. The average molecular weight is 970 g/mol. The minimum absolute atomic E-state index is 0.0706. The van der Waals surface area contributed by atoms with Crippen LogP contribution in [0.4, 0.5) is 0 Å². The van der Waals surface area contributed by atoms with Gasteiger partial charge in [0.1, 0.15) is 13.2 Å². The van der Waals surface area contributed by atoms with E-state index >= 15 is 0 Å². The first-order valence-electron chi connectivity index (χ1n) is 30.5. The fraction of sp³-hybridized carbons (Fsp3) is 0.857. The normalized spacial score (nSPS) is 12.2. The van der Waals surface area contributed by atoms with Gasteiger partial charge in [-0.1, -0.05) is 308 Å². The second-order valence-electron chi connectivity index (χ2n) is 20.7. The molecule has 0 spiro atoms. The molecule has 0 aliphatic rings. The number of allylic oxidation sites excluding steroid dienone is 6. The van der Waals surface area contributed by atoms with Crippen LogP contribution in [-0.4, -0.2) is 37.2 Å². The van der Waals surface area contributed by atoms with Crippen LogP contribution in [0.1, 0.15) is 329 Å². The van der Waals surface area contributed by atoms with Crippen molar-refractivity contribution < 1.29 is 28.6 Å². The standard InChI is InChI=1S/C63H116O6/c1-4-7-10-13-16-19-22-25-28-30-31-33-35-38-41-44-47-50-53-56-62(65)68-59-60(58-67-61(64)55-52-49-46-43-40-37-34-27-24-21-18-15-12-9-6-3)69-63(66)57-54-51-48-45-42-39-36-32-29-26-23-20-17-14-11-8-5-2/h9,12,15,18,21,24,60H,4-8,10-11,13-14,16-17,19-20,22-23,25-59H2,1-3H3/b12-9-,18-15-,24-21-. The van der Waals surface area contributed by atoms with Crippen molar-refractivity contribution in [2.75, 3.05) is 13.2 Å². The van der Waals surface area contributed by atoms with Crippen molar-refractivity contribution in [3.63, 3.8) is 0 Å². The zero-order chi connectivity index (χ0) is 50.0. The summed E-state index contributed by atoms with van der Waals surface area (Å²) in [4.78, 5) is 38.2. The fourth-order valence-electron chi connectivity index (χ4n) is 9.15. The van der Waals surface area contributed by atoms with E-state index in [2.05, 4.69) is 57.2 Å². The van der Waals surface area contributed by atoms with Gasteiger partial charge in [-0.2, -0.15) is 0 Å². The zero-order valence-corrected chi connectivity index (χ0v) is 46.3. The highest BCUT2D eigenvalue weighted by atomic mass is 16.6. The quantitative estimate of drug-likeness (QED) is 0.0261. The summed E-state index contributed by atoms with van der Waals surface area (Å²) >= 11 is 0. The number of hydrogen-bond donors (Lipinski definition) is 0. The van der Waals surface area contributed by atoms with Crippen LogP contribution >= 0.6 is 0 Å². The van der Waals surface area contributed by atoms with Gasteiger partial charge in [0, 0.05) is 19.3 Å². The number of esters is 3. The van der Waals surface area contributed by atoms with E-state index < -0.39 is 6.10 Å². The lowest BCUT2D eigenvalue weighted by Crippen LogP contribution is -2.30. The molecule has 1 unspecified atom stereocenters. The van der Waals surface area contributed by atoms with Crippen molar-refractivity contribution in [3.05, 3.63) is 36.5 Å². The predicted molar refractivity (Wildman–Crippen MR) is 298 cm³/mol. The number of rotatable bonds is 56. The zero-order valence-electron chi connectivity index (χ0n) is 46.3. The number of carbonyl (C=O) groups excluding carboxylic acids is 3. The molecule has 0 saturated heterocycles. The first kappa shape index (κ1) is 66.6. The molecule has 0 aromatic carbocycles. The van der Waals surface area contributed by atoms with Crippen molar-refractivity contribution in [3.8, 4) is 0 Å². The largest absolute Gasteiger partial charge is 0.462 e. The molecule has 0 bridgehead atoms. The molecule has 0 amide bonds. The average Bonchev–Trinajstić information content (AvgIpc) is 3.35. The Morgan fingerprint density at radius 3 is 0.870 bits per heavy atom. The van der Waals surface area contributed by atoms with E-state index in [0.717, 1.165) is 70.6 Å². The maximum atomic E-state index is 12.9. The molecule has 0 N–H and O–H groups in total. The first-order chi connectivity index (χ1) is 34.0. The van der Waals surface area contributed by atoms with Crippen LogP contribution in [0.5, 0.6) is 0 Å². The molecular formula is C63H116O6. The molecule has 0 fully saturated rings. The molecule has 0 radical (unpaired) electrons. The molecule has 0 saturated carbocycles. The van der Waals surface area contributed by atoms with Crippen LogP contribution in [0.25, 0.3) is 0 Å². The molecule has 0 rings (SSSR count). The second kappa shape index (κ2) is 58.2. The number of unbranched alkanes of at least 4 members (excludes halogenated alkanes) is 41. The Hall–Kier alpha value is -2.37. The van der Waals surface area contributed by atoms with Gasteiger partial charge in [0.25, 0.3) is 0 Å². The van der Waals surface area contributed by atoms with E-state index in [9.17, 15) is 14.4 Å². The maximum Gasteiger partial charge on any atom is 0.306 e. The van der Waals surface area contributed by atoms with Crippen molar-refractivity contribution >= 4 is 17.9 Å². The smallest absolute Gasteiger partial charge is 0.306 e. The summed E-state index contributed by atoms with van der Waals surface area (Å²) in [5.41, 5.74) is 0. The molecule has 0 aliphatic heterocycles. The molecule has 1 atom stereocenters. The summed E-state index contributed by atoms with van der Waals surface area (Å²) in [7, 11) is 0. The Morgan fingerprint density at radius 1 is 0.304 bits per heavy atom. The molecule has 404 valence electrons. The van der Waals surface area contributed by atoms with Gasteiger partial charge < -0.3 is 14.2 Å². The van der Waals surface area contributed by atoms with Gasteiger partial charge in [-0.15, -0.1) is 0 Å². The van der Waals surface area contributed by atoms with E-state index in [1.165, 1.54) is 218 Å². The van der Waals surface area contributed by atoms with E-state index in [4.69, 9.17) is 14.2 Å². The van der Waals surface area contributed by atoms with Gasteiger partial charge in [0.2, 0.25) is 0 Å². The van der Waals surface area contributed by atoms with Gasteiger partial charge in [-0.05, 0) is 38.5 Å². The van der Waals surface area contributed by atoms with Crippen molar-refractivity contribution in [2.24, 2.45) is 0 Å². The number of carbonyl (C=O) groups is 3. The summed E-state index contributed by atoms with van der Waals surface area (Å²) in [5, 5.41) is 0. The third kappa shape index (κ3) is 56.4. The minimum atomic E-state index is -0.773. The van der Waals surface area contributed by atoms with Gasteiger partial charge >= 0.3 is 17.9 Å². The Morgan fingerprint density at radius 2 is 0.565 bits per heavy atom. The predicted octanol–water partition coefficient (Wildman–Crippen LogP) is 20.4. The highest BCUT2D eigenvalue weighted by Gasteiger charge is 2.19. The van der Waals surface area contributed by atoms with Crippen molar-refractivity contribution in [1.82, 2.24) is 0 Å². The molecule has 0 aliphatic carbocycles. The molecule has 6 nitrogen and oxygen atoms in total. The minimum Gasteiger partial charge on any atom is -0.462 e. The molecule has 69 heavy (non-hydrogen) atoms. The summed E-state index contributed by atoms with van der Waals surface area (Å²) in [6, 6.07) is 0. The summed E-state index contributed by atoms with van der Waals surface area (Å²) < 4.78 is 16.9. The van der Waals surface area contributed by atoms with E-state index in [-0.39, 0.29) is 31.1 Å². The van der Waals surface area contributed by atoms with Crippen LogP contribution < -0.4 is 0 Å². The van der Waals surface area contributed by atoms with Crippen LogP contribution in [0.2, 0.25) is 0 Å². The van der Waals surface area contributed by atoms with Gasteiger partial charge in [0.05, 0.1) is 0 Å². The summed E-state index contributed by atoms with van der Waals surface area (Å²) in [6.07, 6.45) is 70.0. The van der Waals surface area contributed by atoms with Crippen LogP contribution in [0.15, 0.2) is 36.5 Å². The summed E-state index contributed by atoms with van der Waals surface area (Å²) in [5.74, 6) is -0.859. The molecule has 0 heterocycles. The van der Waals surface area contributed by atoms with Gasteiger partial charge in [-0.3, -0.25) is 14.4 Å². The first-order valence-corrected chi connectivity index (χ1v) is 30.5. The van der Waals surface area contributed by atoms with Crippen LogP contribution in [0.3, 0.4) is 0 Å². The topological polar surface area (TPSA) is 78.9 Å². The molecule has 0 aromatic heterocycles. The van der Waals surface area contributed by atoms with Crippen LogP contribution in [-0.2, 0) is 28.6 Å². The van der Waals surface area contributed by atoms with E-state index in [1.54, 1.807) is 0 Å². The highest BCUT2D eigenvalue weighted by molar-refractivity contribution is 5.71. The van der Waals surface area contributed by atoms with Gasteiger partial charge in [0.15, 0.2) is 6.10 Å². The number of ether oxygens (including phenoxy) is 3. The molecular weight excluding hydrogens is 853 g/mol. The molecule has 6 heteroatoms. The second-order valence-corrected chi connectivity index (χ2v) is 20.7. The molecule has 0 aromatic rings. The lowest BCUT2D eigenvalue weighted by atomic mass is 10.0. The number of hydrogen-bond acceptors (Lipinski definition) is 6. The fourth-order valence-corrected chi connectivity index (χ4v) is 9.15. The Bertz CT molecular complexity index is 1160. The van der Waals surface area contributed by atoms with Crippen molar-refractivity contribution in [2.45, 2.75) is 335 Å². The summed E-state index contributed by atoms with van der Waals surface area (Å²) in [6.45, 7) is 6.56. The Kier molecular flexibility index (Phi) is 56.2.